The summed E-state index contributed by atoms with van der Waals surface area (Å²) in [5.74, 6) is -1.70. The topological polar surface area (TPSA) is 111 Å². The van der Waals surface area contributed by atoms with Crippen molar-refractivity contribution in [1.82, 2.24) is 15.0 Å². The van der Waals surface area contributed by atoms with Crippen LogP contribution in [0.25, 0.3) is 0 Å². The Balaban J connectivity index is 2.19. The molecule has 2 rings (SSSR count). The number of aromatic nitrogens is 3. The number of esters is 2. The molecule has 2 heterocycles. The molecule has 0 amide bonds. The molecule has 8 heteroatoms. The zero-order valence-electron chi connectivity index (χ0n) is 14.5. The van der Waals surface area contributed by atoms with Crippen molar-refractivity contribution in [2.45, 2.75) is 33.8 Å². The summed E-state index contributed by atoms with van der Waals surface area (Å²) in [4.78, 5) is 47.0. The molecule has 0 aromatic carbocycles. The van der Waals surface area contributed by atoms with Crippen LogP contribution in [0.3, 0.4) is 0 Å². The Morgan fingerprint density at radius 3 is 2.52 bits per heavy atom. The second-order valence-corrected chi connectivity index (χ2v) is 5.35. The number of carbonyl (C=O) groups excluding carboxylic acids is 3. The first-order valence-electron chi connectivity index (χ1n) is 7.74. The number of rotatable bonds is 6. The number of ether oxygens (including phenoxy) is 2. The van der Waals surface area contributed by atoms with Crippen LogP contribution in [-0.4, -0.2) is 45.4 Å². The van der Waals surface area contributed by atoms with E-state index < -0.39 is 23.8 Å². The van der Waals surface area contributed by atoms with Crippen LogP contribution in [0.4, 0.5) is 0 Å². The van der Waals surface area contributed by atoms with Crippen molar-refractivity contribution < 1.29 is 23.9 Å². The van der Waals surface area contributed by atoms with E-state index in [1.54, 1.807) is 20.8 Å². The van der Waals surface area contributed by atoms with E-state index in [9.17, 15) is 14.4 Å². The molecule has 1 atom stereocenters. The minimum absolute atomic E-state index is 0.00810. The van der Waals surface area contributed by atoms with Crippen LogP contribution in [0.1, 0.15) is 56.4 Å². The fourth-order valence-electron chi connectivity index (χ4n) is 2.39. The Hall–Kier alpha value is -3.03. The number of ketones is 1. The molecule has 2 aromatic heterocycles. The van der Waals surface area contributed by atoms with Gasteiger partial charge in [0.15, 0.2) is 11.8 Å². The molecule has 8 nitrogen and oxygen atoms in total. The van der Waals surface area contributed by atoms with Crippen molar-refractivity contribution in [3.8, 4) is 0 Å². The van der Waals surface area contributed by atoms with Gasteiger partial charge >= 0.3 is 11.9 Å². The highest BCUT2D eigenvalue weighted by Crippen LogP contribution is 2.21. The van der Waals surface area contributed by atoms with Crippen molar-refractivity contribution in [2.75, 3.05) is 6.61 Å². The van der Waals surface area contributed by atoms with Gasteiger partial charge in [-0.2, -0.15) is 0 Å². The van der Waals surface area contributed by atoms with Gasteiger partial charge in [0.05, 0.1) is 24.1 Å². The molecular formula is C17H19N3O5. The monoisotopic (exact) mass is 345 g/mol. The van der Waals surface area contributed by atoms with E-state index in [1.165, 1.54) is 25.5 Å². The maximum atomic E-state index is 12.6. The molecule has 0 unspecified atom stereocenters. The van der Waals surface area contributed by atoms with Gasteiger partial charge in [0, 0.05) is 18.1 Å². The van der Waals surface area contributed by atoms with Crippen LogP contribution in [0.2, 0.25) is 0 Å². The third kappa shape index (κ3) is 3.90. The molecule has 25 heavy (non-hydrogen) atoms. The SMILES string of the molecule is CCOC(=O)c1c(C)[nH]c(C(=O)[C@H](C)OC(=O)c2cnccn2)c1C. The molecular weight excluding hydrogens is 326 g/mol. The summed E-state index contributed by atoms with van der Waals surface area (Å²) in [5.41, 5.74) is 1.52. The fraction of sp³-hybridized carbons (Fsp3) is 0.353. The number of hydrogen-bond acceptors (Lipinski definition) is 7. The first-order chi connectivity index (χ1) is 11.9. The summed E-state index contributed by atoms with van der Waals surface area (Å²) < 4.78 is 10.1. The smallest absolute Gasteiger partial charge is 0.359 e. The van der Waals surface area contributed by atoms with Crippen LogP contribution in [0.15, 0.2) is 18.6 Å². The average Bonchev–Trinajstić information content (AvgIpc) is 2.89. The predicted molar refractivity (Wildman–Crippen MR) is 87.5 cm³/mol. The molecule has 2 aromatic rings. The van der Waals surface area contributed by atoms with Gasteiger partial charge in [0.25, 0.3) is 0 Å². The van der Waals surface area contributed by atoms with E-state index in [-0.39, 0.29) is 18.0 Å². The highest BCUT2D eigenvalue weighted by atomic mass is 16.5. The minimum Gasteiger partial charge on any atom is -0.462 e. The Bertz CT molecular complexity index is 798. The molecule has 0 saturated heterocycles. The van der Waals surface area contributed by atoms with E-state index in [2.05, 4.69) is 15.0 Å². The van der Waals surface area contributed by atoms with Crippen molar-refractivity contribution in [2.24, 2.45) is 0 Å². The van der Waals surface area contributed by atoms with Crippen LogP contribution in [-0.2, 0) is 9.47 Å². The van der Waals surface area contributed by atoms with Crippen LogP contribution >= 0.6 is 0 Å². The highest BCUT2D eigenvalue weighted by Gasteiger charge is 2.28. The van der Waals surface area contributed by atoms with Crippen molar-refractivity contribution >= 4 is 17.7 Å². The average molecular weight is 345 g/mol. The summed E-state index contributed by atoms with van der Waals surface area (Å²) in [5, 5.41) is 0. The minimum atomic E-state index is -1.05. The van der Waals surface area contributed by atoms with Gasteiger partial charge in [-0.15, -0.1) is 0 Å². The molecule has 132 valence electrons. The van der Waals surface area contributed by atoms with Crippen molar-refractivity contribution in [3.05, 3.63) is 46.8 Å². The zero-order valence-corrected chi connectivity index (χ0v) is 14.5. The lowest BCUT2D eigenvalue weighted by Crippen LogP contribution is -2.25. The van der Waals surface area contributed by atoms with Crippen LogP contribution < -0.4 is 0 Å². The Labute approximate surface area is 144 Å². The highest BCUT2D eigenvalue weighted by molar-refractivity contribution is 6.04. The largest absolute Gasteiger partial charge is 0.462 e. The maximum Gasteiger partial charge on any atom is 0.359 e. The summed E-state index contributed by atoms with van der Waals surface area (Å²) >= 11 is 0. The zero-order chi connectivity index (χ0) is 18.6. The second-order valence-electron chi connectivity index (χ2n) is 5.35. The molecule has 0 fully saturated rings. The van der Waals surface area contributed by atoms with Gasteiger partial charge in [0.1, 0.15) is 0 Å². The lowest BCUT2D eigenvalue weighted by molar-refractivity contribution is 0.0310. The lowest BCUT2D eigenvalue weighted by atomic mass is 10.1. The van der Waals surface area contributed by atoms with E-state index in [1.807, 2.05) is 0 Å². The van der Waals surface area contributed by atoms with Crippen LogP contribution in [0.5, 0.6) is 0 Å². The third-order valence-electron chi connectivity index (χ3n) is 3.59. The Kier molecular flexibility index (Phi) is 5.63. The fourth-order valence-corrected chi connectivity index (χ4v) is 2.39. The molecule has 0 bridgehead atoms. The number of Topliss-reactive ketones (excluding diaryl/α,β-unsaturated/α-hetero) is 1. The number of hydrogen-bond donors (Lipinski definition) is 1. The van der Waals surface area contributed by atoms with Gasteiger partial charge < -0.3 is 14.5 Å². The summed E-state index contributed by atoms with van der Waals surface area (Å²) in [6.45, 7) is 6.70. The second kappa shape index (κ2) is 7.69. The maximum absolute atomic E-state index is 12.6. The van der Waals surface area contributed by atoms with E-state index >= 15 is 0 Å². The molecule has 0 aliphatic rings. The number of aryl methyl sites for hydroxylation is 1. The van der Waals surface area contributed by atoms with Gasteiger partial charge in [-0.05, 0) is 33.3 Å². The first-order valence-corrected chi connectivity index (χ1v) is 7.74. The quantitative estimate of drug-likeness (QED) is 0.630. The summed E-state index contributed by atoms with van der Waals surface area (Å²) in [7, 11) is 0. The van der Waals surface area contributed by atoms with Gasteiger partial charge in [0.2, 0.25) is 5.78 Å². The standard InChI is InChI=1S/C17H19N3O5/c1-5-24-17(23)13-9(2)14(20-10(13)3)15(21)11(4)25-16(22)12-8-18-6-7-19-12/h6-8,11,20H,5H2,1-4H3/t11-/m0/s1. The van der Waals surface area contributed by atoms with E-state index in [0.29, 0.717) is 16.8 Å². The molecule has 0 aliphatic carbocycles. The Morgan fingerprint density at radius 2 is 1.92 bits per heavy atom. The Morgan fingerprint density at radius 1 is 1.20 bits per heavy atom. The number of nitrogens with one attached hydrogen (secondary N) is 1. The van der Waals surface area contributed by atoms with Gasteiger partial charge in [-0.25, -0.2) is 14.6 Å². The van der Waals surface area contributed by atoms with E-state index in [4.69, 9.17) is 9.47 Å². The predicted octanol–water partition coefficient (Wildman–Crippen LogP) is 2.03. The third-order valence-corrected chi connectivity index (χ3v) is 3.59. The first kappa shape index (κ1) is 18.3. The van der Waals surface area contributed by atoms with Crippen molar-refractivity contribution in [3.63, 3.8) is 0 Å². The number of H-pyrrole nitrogens is 1. The summed E-state index contributed by atoms with van der Waals surface area (Å²) in [6, 6.07) is 0. The normalized spacial score (nSPS) is 11.7. The van der Waals surface area contributed by atoms with Gasteiger partial charge in [-0.3, -0.25) is 9.78 Å². The van der Waals surface area contributed by atoms with Gasteiger partial charge in [-0.1, -0.05) is 0 Å². The number of carbonyl (C=O) groups is 3. The van der Waals surface area contributed by atoms with Crippen LogP contribution in [0, 0.1) is 13.8 Å². The number of nitrogens with zero attached hydrogens (tertiary/aromatic N) is 2. The van der Waals surface area contributed by atoms with E-state index in [0.717, 1.165) is 0 Å². The molecule has 0 saturated carbocycles. The number of aromatic amines is 1. The lowest BCUT2D eigenvalue weighted by Gasteiger charge is -2.11. The molecule has 1 N–H and O–H groups in total. The molecule has 0 radical (unpaired) electrons. The summed E-state index contributed by atoms with van der Waals surface area (Å²) in [6.07, 6.45) is 2.98. The molecule has 0 spiro atoms. The van der Waals surface area contributed by atoms with Crippen molar-refractivity contribution in [1.29, 1.82) is 0 Å². The molecule has 0 aliphatic heterocycles.